The third-order valence-electron chi connectivity index (χ3n) is 2.52. The van der Waals surface area contributed by atoms with E-state index in [1.807, 2.05) is 0 Å². The lowest BCUT2D eigenvalue weighted by Crippen LogP contribution is -1.94. The van der Waals surface area contributed by atoms with E-state index in [-0.39, 0.29) is 6.61 Å². The average molecular weight is 238 g/mol. The first-order valence-corrected chi connectivity index (χ1v) is 5.07. The molecule has 0 unspecified atom stereocenters. The molecule has 1 aromatic carbocycles. The van der Waals surface area contributed by atoms with Crippen LogP contribution < -0.4 is 14.2 Å². The van der Waals surface area contributed by atoms with Crippen LogP contribution in [-0.2, 0) is 6.61 Å². The molecule has 0 bridgehead atoms. The number of aliphatic hydroxyl groups is 1. The van der Waals surface area contributed by atoms with Gasteiger partial charge in [0.15, 0.2) is 11.3 Å². The third-order valence-corrected chi connectivity index (χ3v) is 2.52. The van der Waals surface area contributed by atoms with Gasteiger partial charge in [-0.25, -0.2) is 0 Å². The van der Waals surface area contributed by atoms with Crippen LogP contribution in [0.3, 0.4) is 0 Å². The highest BCUT2D eigenvalue weighted by Crippen LogP contribution is 2.44. The Morgan fingerprint density at radius 3 is 2.29 bits per heavy atom. The Morgan fingerprint density at radius 1 is 1.06 bits per heavy atom. The number of hydrogen-bond acceptors (Lipinski definition) is 5. The Balaban J connectivity index is 2.76. The monoisotopic (exact) mass is 238 g/mol. The van der Waals surface area contributed by atoms with Gasteiger partial charge in [-0.05, 0) is 12.1 Å². The zero-order chi connectivity index (χ0) is 12.4. The number of ether oxygens (including phenoxy) is 3. The first-order valence-electron chi connectivity index (χ1n) is 5.07. The summed E-state index contributed by atoms with van der Waals surface area (Å²) in [6.45, 7) is -0.164. The maximum absolute atomic E-state index is 9.06. The second-order valence-corrected chi connectivity index (χ2v) is 3.43. The Morgan fingerprint density at radius 2 is 1.76 bits per heavy atom. The minimum atomic E-state index is -0.164. The summed E-state index contributed by atoms with van der Waals surface area (Å²) >= 11 is 0. The molecule has 92 valence electrons. The Hall–Kier alpha value is -1.88. The van der Waals surface area contributed by atoms with Crippen molar-refractivity contribution >= 4 is 11.0 Å². The predicted octanol–water partition coefficient (Wildman–Crippen LogP) is 1.95. The summed E-state index contributed by atoms with van der Waals surface area (Å²) in [5.74, 6) is 1.96. The van der Waals surface area contributed by atoms with Crippen molar-refractivity contribution in [2.75, 3.05) is 21.3 Å². The molecule has 0 amide bonds. The van der Waals surface area contributed by atoms with Crippen LogP contribution in [0.1, 0.15) is 5.76 Å². The van der Waals surface area contributed by atoms with Gasteiger partial charge in [0, 0.05) is 5.39 Å². The molecule has 0 radical (unpaired) electrons. The first kappa shape index (κ1) is 11.6. The quantitative estimate of drug-likeness (QED) is 0.882. The number of hydrogen-bond donors (Lipinski definition) is 1. The maximum Gasteiger partial charge on any atom is 0.208 e. The van der Waals surface area contributed by atoms with Crippen molar-refractivity contribution in [2.24, 2.45) is 0 Å². The third kappa shape index (κ3) is 1.78. The predicted molar refractivity (Wildman–Crippen MR) is 61.8 cm³/mol. The van der Waals surface area contributed by atoms with E-state index in [9.17, 15) is 0 Å². The molecule has 0 atom stereocenters. The Labute approximate surface area is 98.5 Å². The molecule has 1 N–H and O–H groups in total. The van der Waals surface area contributed by atoms with Gasteiger partial charge in [0.1, 0.15) is 12.4 Å². The highest BCUT2D eigenvalue weighted by atomic mass is 16.5. The molecule has 2 aromatic rings. The number of furan rings is 1. The molecular formula is C12H14O5. The van der Waals surface area contributed by atoms with E-state index in [2.05, 4.69) is 0 Å². The smallest absolute Gasteiger partial charge is 0.208 e. The highest BCUT2D eigenvalue weighted by Gasteiger charge is 2.19. The van der Waals surface area contributed by atoms with Crippen LogP contribution in [0.5, 0.6) is 17.2 Å². The normalized spacial score (nSPS) is 10.6. The maximum atomic E-state index is 9.06. The molecule has 5 nitrogen and oxygen atoms in total. The van der Waals surface area contributed by atoms with Crippen molar-refractivity contribution in [3.63, 3.8) is 0 Å². The average Bonchev–Trinajstić information content (AvgIpc) is 2.78. The fraction of sp³-hybridized carbons (Fsp3) is 0.333. The lowest BCUT2D eigenvalue weighted by molar-refractivity contribution is 0.250. The fourth-order valence-electron chi connectivity index (χ4n) is 1.77. The van der Waals surface area contributed by atoms with E-state index in [0.717, 1.165) is 5.39 Å². The zero-order valence-electron chi connectivity index (χ0n) is 9.94. The topological polar surface area (TPSA) is 61.1 Å². The van der Waals surface area contributed by atoms with Crippen LogP contribution in [0, 0.1) is 0 Å². The lowest BCUT2D eigenvalue weighted by Gasteiger charge is -2.11. The molecule has 0 saturated heterocycles. The summed E-state index contributed by atoms with van der Waals surface area (Å²) in [5.41, 5.74) is 0.536. The van der Waals surface area contributed by atoms with E-state index in [0.29, 0.717) is 28.6 Å². The Bertz CT molecular complexity index is 529. The number of benzene rings is 1. The van der Waals surface area contributed by atoms with Gasteiger partial charge >= 0.3 is 0 Å². The number of rotatable bonds is 4. The fourth-order valence-corrected chi connectivity index (χ4v) is 1.77. The van der Waals surface area contributed by atoms with Crippen LogP contribution in [0.25, 0.3) is 11.0 Å². The minimum Gasteiger partial charge on any atom is -0.493 e. The van der Waals surface area contributed by atoms with Crippen LogP contribution >= 0.6 is 0 Å². The number of aliphatic hydroxyl groups excluding tert-OH is 1. The van der Waals surface area contributed by atoms with Gasteiger partial charge in [0.25, 0.3) is 0 Å². The second kappa shape index (κ2) is 4.55. The summed E-state index contributed by atoms with van der Waals surface area (Å²) in [4.78, 5) is 0. The van der Waals surface area contributed by atoms with Gasteiger partial charge in [0.05, 0.1) is 21.3 Å². The molecule has 17 heavy (non-hydrogen) atoms. The van der Waals surface area contributed by atoms with Crippen molar-refractivity contribution in [1.29, 1.82) is 0 Å². The summed E-state index contributed by atoms with van der Waals surface area (Å²) in [7, 11) is 4.61. The summed E-state index contributed by atoms with van der Waals surface area (Å²) in [6, 6.07) is 3.51. The van der Waals surface area contributed by atoms with Gasteiger partial charge in [0.2, 0.25) is 11.5 Å². The Kier molecular flexibility index (Phi) is 3.10. The van der Waals surface area contributed by atoms with E-state index in [4.69, 9.17) is 23.7 Å². The molecular weight excluding hydrogens is 224 g/mol. The van der Waals surface area contributed by atoms with E-state index in [1.165, 1.54) is 14.2 Å². The largest absolute Gasteiger partial charge is 0.493 e. The molecule has 0 aliphatic carbocycles. The van der Waals surface area contributed by atoms with Crippen LogP contribution in [-0.4, -0.2) is 26.4 Å². The molecule has 0 spiro atoms. The molecule has 1 heterocycles. The number of fused-ring (bicyclic) bond motifs is 1. The van der Waals surface area contributed by atoms with Crippen LogP contribution in [0.15, 0.2) is 16.5 Å². The summed E-state index contributed by atoms with van der Waals surface area (Å²) < 4.78 is 21.2. The van der Waals surface area contributed by atoms with E-state index in [1.54, 1.807) is 19.2 Å². The van der Waals surface area contributed by atoms with Gasteiger partial charge < -0.3 is 23.7 Å². The van der Waals surface area contributed by atoms with Crippen molar-refractivity contribution in [2.45, 2.75) is 6.61 Å². The number of methoxy groups -OCH3 is 3. The zero-order valence-corrected chi connectivity index (χ0v) is 9.94. The molecule has 0 saturated carbocycles. The van der Waals surface area contributed by atoms with E-state index >= 15 is 0 Å². The second-order valence-electron chi connectivity index (χ2n) is 3.43. The molecule has 0 fully saturated rings. The van der Waals surface area contributed by atoms with E-state index < -0.39 is 0 Å². The van der Waals surface area contributed by atoms with Gasteiger partial charge in [-0.1, -0.05) is 0 Å². The molecule has 0 aliphatic rings. The molecule has 1 aromatic heterocycles. The van der Waals surface area contributed by atoms with Crippen molar-refractivity contribution in [3.05, 3.63) is 17.9 Å². The van der Waals surface area contributed by atoms with Gasteiger partial charge in [-0.15, -0.1) is 0 Å². The van der Waals surface area contributed by atoms with Crippen molar-refractivity contribution in [3.8, 4) is 17.2 Å². The SMILES string of the molecule is COc1cc2cc(CO)oc2c(OC)c1OC. The summed E-state index contributed by atoms with van der Waals surface area (Å²) in [6.07, 6.45) is 0. The van der Waals surface area contributed by atoms with Crippen molar-refractivity contribution < 1.29 is 23.7 Å². The first-order chi connectivity index (χ1) is 8.24. The molecule has 5 heteroatoms. The van der Waals surface area contributed by atoms with Crippen molar-refractivity contribution in [1.82, 2.24) is 0 Å². The van der Waals surface area contributed by atoms with Gasteiger partial charge in [-0.2, -0.15) is 0 Å². The minimum absolute atomic E-state index is 0.164. The summed E-state index contributed by atoms with van der Waals surface area (Å²) in [5, 5.41) is 9.85. The lowest BCUT2D eigenvalue weighted by atomic mass is 10.2. The van der Waals surface area contributed by atoms with Gasteiger partial charge in [-0.3, -0.25) is 0 Å². The van der Waals surface area contributed by atoms with Crippen LogP contribution in [0.2, 0.25) is 0 Å². The highest BCUT2D eigenvalue weighted by molar-refractivity contribution is 5.89. The standard InChI is InChI=1S/C12H14O5/c1-14-9-5-7-4-8(6-13)17-10(7)12(16-3)11(9)15-2/h4-5,13H,6H2,1-3H3. The van der Waals surface area contributed by atoms with Crippen LogP contribution in [0.4, 0.5) is 0 Å². The molecule has 0 aliphatic heterocycles. The molecule has 2 rings (SSSR count).